The number of nitrogens with one attached hydrogen (secondary N) is 1. The summed E-state index contributed by atoms with van der Waals surface area (Å²) < 4.78 is 11.5. The summed E-state index contributed by atoms with van der Waals surface area (Å²) in [5.41, 5.74) is 2.08. The molecule has 120 valence electrons. The number of anilines is 1. The van der Waals surface area contributed by atoms with E-state index in [4.69, 9.17) is 9.47 Å². The highest BCUT2D eigenvalue weighted by atomic mass is 79.9. The molecular weight excluding hydrogens is 358 g/mol. The molecule has 0 radical (unpaired) electrons. The van der Waals surface area contributed by atoms with Gasteiger partial charge in [0, 0.05) is 27.9 Å². The van der Waals surface area contributed by atoms with E-state index in [1.54, 1.807) is 32.4 Å². The Bertz CT molecular complexity index is 724. The van der Waals surface area contributed by atoms with Gasteiger partial charge in [-0.2, -0.15) is 0 Å². The minimum atomic E-state index is -0.0654. The van der Waals surface area contributed by atoms with E-state index in [1.165, 1.54) is 0 Å². The van der Waals surface area contributed by atoms with Crippen molar-refractivity contribution in [2.75, 3.05) is 19.5 Å². The van der Waals surface area contributed by atoms with Crippen LogP contribution in [-0.2, 0) is 0 Å². The predicted octanol–water partition coefficient (Wildman–Crippen LogP) is 4.66. The minimum Gasteiger partial charge on any atom is -0.497 e. The summed E-state index contributed by atoms with van der Waals surface area (Å²) in [7, 11) is 3.20. The van der Waals surface area contributed by atoms with Crippen molar-refractivity contribution in [1.29, 1.82) is 0 Å². The fourth-order valence-electron chi connectivity index (χ4n) is 2.05. The largest absolute Gasteiger partial charge is 0.497 e. The van der Waals surface area contributed by atoms with Crippen molar-refractivity contribution in [2.45, 2.75) is 6.92 Å². The number of carbonyl (C=O) groups excluding carboxylic acids is 1. The first-order valence-corrected chi connectivity index (χ1v) is 7.80. The average Bonchev–Trinajstić information content (AvgIpc) is 2.55. The van der Waals surface area contributed by atoms with Crippen LogP contribution in [-0.4, -0.2) is 20.0 Å². The Morgan fingerprint density at radius 1 is 1.09 bits per heavy atom. The summed E-state index contributed by atoms with van der Waals surface area (Å²) in [5, 5.41) is 3.17. The van der Waals surface area contributed by atoms with Gasteiger partial charge in [-0.3, -0.25) is 4.79 Å². The van der Waals surface area contributed by atoms with E-state index < -0.39 is 0 Å². The Morgan fingerprint density at radius 3 is 2.39 bits per heavy atom. The maximum Gasteiger partial charge on any atom is 0.187 e. The highest BCUT2D eigenvalue weighted by molar-refractivity contribution is 9.10. The second kappa shape index (κ2) is 7.83. The number of hydrogen-bond acceptors (Lipinski definition) is 4. The Hall–Kier alpha value is -2.27. The quantitative estimate of drug-likeness (QED) is 0.588. The summed E-state index contributed by atoms with van der Waals surface area (Å²) in [6.07, 6.45) is 1.56. The molecule has 0 aliphatic rings. The van der Waals surface area contributed by atoms with Crippen molar-refractivity contribution in [3.8, 4) is 11.5 Å². The number of halogens is 1. The van der Waals surface area contributed by atoms with Gasteiger partial charge in [-0.1, -0.05) is 15.9 Å². The maximum atomic E-state index is 12.2. The molecule has 2 aromatic carbocycles. The second-order valence-electron chi connectivity index (χ2n) is 4.89. The zero-order valence-electron chi connectivity index (χ0n) is 13.2. The normalized spacial score (nSPS) is 11.0. The van der Waals surface area contributed by atoms with Crippen molar-refractivity contribution < 1.29 is 14.3 Å². The number of carbonyl (C=O) groups is 1. The molecule has 2 aromatic rings. The van der Waals surface area contributed by atoms with Crippen LogP contribution in [0.1, 0.15) is 17.3 Å². The number of methoxy groups -OCH3 is 2. The van der Waals surface area contributed by atoms with Gasteiger partial charge in [-0.05, 0) is 43.3 Å². The predicted molar refractivity (Wildman–Crippen MR) is 95.4 cm³/mol. The summed E-state index contributed by atoms with van der Waals surface area (Å²) in [6, 6.07) is 12.7. The molecule has 0 atom stereocenters. The van der Waals surface area contributed by atoms with Crippen LogP contribution >= 0.6 is 15.9 Å². The van der Waals surface area contributed by atoms with Crippen molar-refractivity contribution >= 4 is 27.4 Å². The lowest BCUT2D eigenvalue weighted by Crippen LogP contribution is -2.03. The molecule has 0 heterocycles. The zero-order chi connectivity index (χ0) is 16.8. The van der Waals surface area contributed by atoms with Gasteiger partial charge in [0.25, 0.3) is 0 Å². The molecule has 0 saturated heterocycles. The lowest BCUT2D eigenvalue weighted by atomic mass is 10.1. The number of allylic oxidation sites excluding steroid dienone is 2. The fraction of sp³-hybridized carbons (Fsp3) is 0.167. The molecule has 23 heavy (non-hydrogen) atoms. The van der Waals surface area contributed by atoms with Crippen LogP contribution in [0.15, 0.2) is 58.7 Å². The first-order chi connectivity index (χ1) is 11.0. The van der Waals surface area contributed by atoms with E-state index >= 15 is 0 Å². The van der Waals surface area contributed by atoms with Gasteiger partial charge in [0.1, 0.15) is 11.5 Å². The number of benzene rings is 2. The lowest BCUT2D eigenvalue weighted by molar-refractivity contribution is 0.104. The van der Waals surface area contributed by atoms with Crippen LogP contribution in [0.4, 0.5) is 5.69 Å². The molecule has 5 heteroatoms. The van der Waals surface area contributed by atoms with Crippen molar-refractivity contribution in [3.63, 3.8) is 0 Å². The summed E-state index contributed by atoms with van der Waals surface area (Å²) in [6.45, 7) is 1.83. The second-order valence-corrected chi connectivity index (χ2v) is 5.81. The SMILES string of the molecule is COc1ccc(OC)c(N/C(C)=C/C(=O)c2ccc(Br)cc2)c1. The van der Waals surface area contributed by atoms with Crippen LogP contribution in [0.5, 0.6) is 11.5 Å². The smallest absolute Gasteiger partial charge is 0.187 e. The minimum absolute atomic E-state index is 0.0654. The first kappa shape index (κ1) is 17.1. The van der Waals surface area contributed by atoms with E-state index in [9.17, 15) is 4.79 Å². The van der Waals surface area contributed by atoms with E-state index in [1.807, 2.05) is 37.3 Å². The molecule has 0 aliphatic carbocycles. The molecule has 0 aliphatic heterocycles. The van der Waals surface area contributed by atoms with Gasteiger partial charge >= 0.3 is 0 Å². The molecule has 0 spiro atoms. The van der Waals surface area contributed by atoms with Crippen molar-refractivity contribution in [3.05, 3.63) is 64.3 Å². The van der Waals surface area contributed by atoms with E-state index in [-0.39, 0.29) is 5.78 Å². The van der Waals surface area contributed by atoms with Crippen molar-refractivity contribution in [2.24, 2.45) is 0 Å². The van der Waals surface area contributed by atoms with E-state index in [0.717, 1.165) is 10.2 Å². The monoisotopic (exact) mass is 375 g/mol. The van der Waals surface area contributed by atoms with E-state index in [2.05, 4.69) is 21.2 Å². The molecule has 1 N–H and O–H groups in total. The molecule has 0 saturated carbocycles. The zero-order valence-corrected chi connectivity index (χ0v) is 14.8. The Kier molecular flexibility index (Phi) is 5.82. The first-order valence-electron chi connectivity index (χ1n) is 7.00. The van der Waals surface area contributed by atoms with Crippen LogP contribution in [0, 0.1) is 0 Å². The Balaban J connectivity index is 2.19. The molecule has 0 amide bonds. The van der Waals surface area contributed by atoms with Gasteiger partial charge in [-0.25, -0.2) is 0 Å². The maximum absolute atomic E-state index is 12.2. The fourth-order valence-corrected chi connectivity index (χ4v) is 2.32. The van der Waals surface area contributed by atoms with Gasteiger partial charge < -0.3 is 14.8 Å². The molecule has 0 aromatic heterocycles. The van der Waals surface area contributed by atoms with Crippen LogP contribution in [0.2, 0.25) is 0 Å². The molecule has 0 fully saturated rings. The third-order valence-electron chi connectivity index (χ3n) is 3.21. The number of rotatable bonds is 6. The molecule has 0 unspecified atom stereocenters. The summed E-state index contributed by atoms with van der Waals surface area (Å²) >= 11 is 3.35. The molecule has 4 nitrogen and oxygen atoms in total. The van der Waals surface area contributed by atoms with Gasteiger partial charge in [-0.15, -0.1) is 0 Å². The number of ketones is 1. The van der Waals surface area contributed by atoms with Gasteiger partial charge in [0.05, 0.1) is 19.9 Å². The van der Waals surface area contributed by atoms with Gasteiger partial charge in [0.2, 0.25) is 0 Å². The topological polar surface area (TPSA) is 47.6 Å². The average molecular weight is 376 g/mol. The Morgan fingerprint density at radius 2 is 1.78 bits per heavy atom. The Labute approximate surface area is 144 Å². The van der Waals surface area contributed by atoms with Crippen LogP contribution in [0.3, 0.4) is 0 Å². The third-order valence-corrected chi connectivity index (χ3v) is 3.74. The highest BCUT2D eigenvalue weighted by Crippen LogP contribution is 2.29. The lowest BCUT2D eigenvalue weighted by Gasteiger charge is -2.12. The standard InChI is InChI=1S/C18H18BrNO3/c1-12(10-17(21)13-4-6-14(19)7-5-13)20-16-11-15(22-2)8-9-18(16)23-3/h4-11,20H,1-3H3/b12-10+. The summed E-state index contributed by atoms with van der Waals surface area (Å²) in [4.78, 5) is 12.2. The van der Waals surface area contributed by atoms with Gasteiger partial charge in [0.15, 0.2) is 5.78 Å². The summed E-state index contributed by atoms with van der Waals surface area (Å²) in [5.74, 6) is 1.32. The third kappa shape index (κ3) is 4.60. The number of ether oxygens (including phenoxy) is 2. The molecule has 2 rings (SSSR count). The van der Waals surface area contributed by atoms with Crippen molar-refractivity contribution in [1.82, 2.24) is 0 Å². The molecular formula is C18H18BrNO3. The molecule has 0 bridgehead atoms. The van der Waals surface area contributed by atoms with E-state index in [0.29, 0.717) is 22.8 Å². The number of hydrogen-bond donors (Lipinski definition) is 1. The highest BCUT2D eigenvalue weighted by Gasteiger charge is 2.07. The van der Waals surface area contributed by atoms with Crippen LogP contribution < -0.4 is 14.8 Å². The van der Waals surface area contributed by atoms with Crippen LogP contribution in [0.25, 0.3) is 0 Å².